The molecule has 0 aliphatic heterocycles. The fourth-order valence-corrected chi connectivity index (χ4v) is 2.45. The van der Waals surface area contributed by atoms with E-state index in [2.05, 4.69) is 39.6 Å². The maximum Gasteiger partial charge on any atom is 0.192 e. The summed E-state index contributed by atoms with van der Waals surface area (Å²) in [6.45, 7) is 4.43. The van der Waals surface area contributed by atoms with Gasteiger partial charge in [0.15, 0.2) is 5.16 Å². The Balaban J connectivity index is 1.88. The molecule has 1 aromatic carbocycles. The molecular formula is C15H19N3OS. The lowest BCUT2D eigenvalue weighted by atomic mass is 10.2. The highest BCUT2D eigenvalue weighted by atomic mass is 32.2. The van der Waals surface area contributed by atoms with Crippen LogP contribution in [0.5, 0.6) is 0 Å². The number of benzene rings is 1. The van der Waals surface area contributed by atoms with Crippen molar-refractivity contribution in [2.24, 2.45) is 0 Å². The first-order chi connectivity index (χ1) is 9.78. The fraction of sp³-hybridized carbons (Fsp3) is 0.333. The maximum absolute atomic E-state index is 5.00. The van der Waals surface area contributed by atoms with Crippen LogP contribution in [0.1, 0.15) is 11.3 Å². The van der Waals surface area contributed by atoms with E-state index < -0.39 is 0 Å². The first-order valence-electron chi connectivity index (χ1n) is 6.54. The minimum absolute atomic E-state index is 0.735. The first kappa shape index (κ1) is 15.0. The highest BCUT2D eigenvalue weighted by Crippen LogP contribution is 2.24. The molecule has 2 aromatic rings. The zero-order valence-corrected chi connectivity index (χ0v) is 12.6. The van der Waals surface area contributed by atoms with Crippen LogP contribution in [0.2, 0.25) is 0 Å². The van der Waals surface area contributed by atoms with Gasteiger partial charge in [-0.3, -0.25) is 0 Å². The SMILES string of the molecule is COCCNCc1ccc(Sc2nccc(C)n2)cc1. The zero-order valence-electron chi connectivity index (χ0n) is 11.8. The minimum atomic E-state index is 0.735. The molecule has 0 spiro atoms. The van der Waals surface area contributed by atoms with Gasteiger partial charge in [-0.1, -0.05) is 12.1 Å². The second-order valence-electron chi connectivity index (χ2n) is 4.40. The van der Waals surface area contributed by atoms with Crippen molar-refractivity contribution in [1.82, 2.24) is 15.3 Å². The van der Waals surface area contributed by atoms with E-state index in [0.717, 1.165) is 35.4 Å². The van der Waals surface area contributed by atoms with E-state index in [1.165, 1.54) is 5.56 Å². The molecule has 0 unspecified atom stereocenters. The van der Waals surface area contributed by atoms with Crippen molar-refractivity contribution in [3.05, 3.63) is 47.8 Å². The molecular weight excluding hydrogens is 270 g/mol. The zero-order chi connectivity index (χ0) is 14.2. The normalized spacial score (nSPS) is 10.7. The van der Waals surface area contributed by atoms with Crippen LogP contribution in [0.25, 0.3) is 0 Å². The lowest BCUT2D eigenvalue weighted by Crippen LogP contribution is -2.18. The van der Waals surface area contributed by atoms with Crippen molar-refractivity contribution in [2.75, 3.05) is 20.3 Å². The van der Waals surface area contributed by atoms with E-state index in [0.29, 0.717) is 0 Å². The van der Waals surface area contributed by atoms with Gasteiger partial charge in [-0.25, -0.2) is 9.97 Å². The van der Waals surface area contributed by atoms with Gasteiger partial charge in [0.1, 0.15) is 0 Å². The van der Waals surface area contributed by atoms with E-state index in [4.69, 9.17) is 4.74 Å². The summed E-state index contributed by atoms with van der Waals surface area (Å²) in [5.41, 5.74) is 2.25. The molecule has 0 saturated heterocycles. The lowest BCUT2D eigenvalue weighted by Gasteiger charge is -2.05. The minimum Gasteiger partial charge on any atom is -0.383 e. The Bertz CT molecular complexity index is 531. The average Bonchev–Trinajstić information content (AvgIpc) is 2.45. The number of ether oxygens (including phenoxy) is 1. The van der Waals surface area contributed by atoms with Crippen molar-refractivity contribution in [3.63, 3.8) is 0 Å². The molecule has 5 heteroatoms. The monoisotopic (exact) mass is 289 g/mol. The van der Waals surface area contributed by atoms with Crippen molar-refractivity contribution in [1.29, 1.82) is 0 Å². The van der Waals surface area contributed by atoms with Crippen LogP contribution in [-0.2, 0) is 11.3 Å². The van der Waals surface area contributed by atoms with Gasteiger partial charge in [-0.2, -0.15) is 0 Å². The second kappa shape index (κ2) is 7.99. The van der Waals surface area contributed by atoms with Crippen molar-refractivity contribution < 1.29 is 4.74 Å². The molecule has 0 radical (unpaired) electrons. The van der Waals surface area contributed by atoms with Crippen molar-refractivity contribution in [2.45, 2.75) is 23.5 Å². The predicted molar refractivity (Wildman–Crippen MR) is 80.9 cm³/mol. The molecule has 0 amide bonds. The largest absolute Gasteiger partial charge is 0.383 e. The maximum atomic E-state index is 5.00. The third-order valence-electron chi connectivity index (χ3n) is 2.72. The first-order valence-corrected chi connectivity index (χ1v) is 7.35. The molecule has 0 saturated carbocycles. The molecule has 106 valence electrons. The van der Waals surface area contributed by atoms with Crippen molar-refractivity contribution in [3.8, 4) is 0 Å². The number of hydrogen-bond acceptors (Lipinski definition) is 5. The summed E-state index contributed by atoms with van der Waals surface area (Å²) in [6.07, 6.45) is 1.79. The van der Waals surface area contributed by atoms with E-state index in [1.807, 2.05) is 13.0 Å². The number of aromatic nitrogens is 2. The summed E-state index contributed by atoms with van der Waals surface area (Å²) in [4.78, 5) is 9.79. The Hall–Kier alpha value is -1.43. The molecule has 0 aliphatic carbocycles. The van der Waals surface area contributed by atoms with Gasteiger partial charge in [0.2, 0.25) is 0 Å². The Morgan fingerprint density at radius 1 is 1.20 bits per heavy atom. The van der Waals surface area contributed by atoms with Crippen LogP contribution in [0, 0.1) is 6.92 Å². The van der Waals surface area contributed by atoms with Gasteiger partial charge in [0.05, 0.1) is 6.61 Å². The molecule has 2 rings (SSSR count). The van der Waals surface area contributed by atoms with Crippen LogP contribution in [0.4, 0.5) is 0 Å². The standard InChI is InChI=1S/C15H19N3OS/c1-12-7-8-17-15(18-12)20-14-5-3-13(4-6-14)11-16-9-10-19-2/h3-8,16H,9-11H2,1-2H3. The van der Waals surface area contributed by atoms with Gasteiger partial charge >= 0.3 is 0 Å². The summed E-state index contributed by atoms with van der Waals surface area (Å²) < 4.78 is 5.00. The topological polar surface area (TPSA) is 47.0 Å². The smallest absolute Gasteiger partial charge is 0.192 e. The summed E-state index contributed by atoms with van der Waals surface area (Å²) in [6, 6.07) is 10.3. The van der Waals surface area contributed by atoms with E-state index in [9.17, 15) is 0 Å². The third-order valence-corrected chi connectivity index (χ3v) is 3.60. The van der Waals surface area contributed by atoms with Gasteiger partial charge in [-0.15, -0.1) is 0 Å². The second-order valence-corrected chi connectivity index (χ2v) is 5.44. The Morgan fingerprint density at radius 2 is 2.00 bits per heavy atom. The molecule has 0 fully saturated rings. The quantitative estimate of drug-likeness (QED) is 0.627. The van der Waals surface area contributed by atoms with E-state index in [-0.39, 0.29) is 0 Å². The Labute approximate surface area is 124 Å². The van der Waals surface area contributed by atoms with Crippen molar-refractivity contribution >= 4 is 11.8 Å². The Morgan fingerprint density at radius 3 is 2.70 bits per heavy atom. The van der Waals surface area contributed by atoms with Gasteiger partial charge in [0, 0.05) is 37.0 Å². The molecule has 1 N–H and O–H groups in total. The molecule has 4 nitrogen and oxygen atoms in total. The third kappa shape index (κ3) is 4.92. The van der Waals surface area contributed by atoms with Gasteiger partial charge in [0.25, 0.3) is 0 Å². The molecule has 0 aliphatic rings. The summed E-state index contributed by atoms with van der Waals surface area (Å²) in [5.74, 6) is 0. The molecule has 20 heavy (non-hydrogen) atoms. The van der Waals surface area contributed by atoms with Crippen LogP contribution in [0.15, 0.2) is 46.6 Å². The number of aryl methyl sites for hydroxylation is 1. The van der Waals surface area contributed by atoms with Crippen LogP contribution in [0.3, 0.4) is 0 Å². The highest BCUT2D eigenvalue weighted by molar-refractivity contribution is 7.99. The predicted octanol–water partition coefficient (Wildman–Crippen LogP) is 2.67. The van der Waals surface area contributed by atoms with E-state index >= 15 is 0 Å². The highest BCUT2D eigenvalue weighted by Gasteiger charge is 2.01. The number of hydrogen-bond donors (Lipinski definition) is 1. The molecule has 0 bridgehead atoms. The lowest BCUT2D eigenvalue weighted by molar-refractivity contribution is 0.199. The number of rotatable bonds is 7. The molecule has 1 aromatic heterocycles. The summed E-state index contributed by atoms with van der Waals surface area (Å²) in [7, 11) is 1.71. The fourth-order valence-electron chi connectivity index (χ4n) is 1.66. The van der Waals surface area contributed by atoms with Crippen LogP contribution >= 0.6 is 11.8 Å². The number of nitrogens with one attached hydrogen (secondary N) is 1. The van der Waals surface area contributed by atoms with Crippen LogP contribution < -0.4 is 5.32 Å². The number of methoxy groups -OCH3 is 1. The molecule has 1 heterocycles. The summed E-state index contributed by atoms with van der Waals surface area (Å²) >= 11 is 1.58. The van der Waals surface area contributed by atoms with Gasteiger partial charge in [-0.05, 0) is 42.4 Å². The van der Waals surface area contributed by atoms with E-state index in [1.54, 1.807) is 25.1 Å². The molecule has 0 atom stereocenters. The van der Waals surface area contributed by atoms with Gasteiger partial charge < -0.3 is 10.1 Å². The number of nitrogens with zero attached hydrogens (tertiary/aromatic N) is 2. The average molecular weight is 289 g/mol. The Kier molecular flexibility index (Phi) is 5.98. The summed E-state index contributed by atoms with van der Waals surface area (Å²) in [5, 5.41) is 4.11. The van der Waals surface area contributed by atoms with Crippen LogP contribution in [-0.4, -0.2) is 30.2 Å².